The summed E-state index contributed by atoms with van der Waals surface area (Å²) in [5.74, 6) is -1.19. The van der Waals surface area contributed by atoms with E-state index < -0.39 is 30.1 Å². The summed E-state index contributed by atoms with van der Waals surface area (Å²) in [6.45, 7) is 1.71. The van der Waals surface area contributed by atoms with Crippen molar-refractivity contribution in [2.45, 2.75) is 57.3 Å². The van der Waals surface area contributed by atoms with Crippen LogP contribution in [0.2, 0.25) is 0 Å². The van der Waals surface area contributed by atoms with E-state index in [1.165, 1.54) is 16.7 Å². The van der Waals surface area contributed by atoms with Crippen molar-refractivity contribution in [3.05, 3.63) is 0 Å². The number of nitrogens with zero attached hydrogens (tertiary/aromatic N) is 1. The Hall–Kier alpha value is -0.920. The van der Waals surface area contributed by atoms with Gasteiger partial charge in [0.1, 0.15) is 6.04 Å². The second kappa shape index (κ2) is 7.10. The van der Waals surface area contributed by atoms with Gasteiger partial charge in [-0.05, 0) is 12.8 Å². The lowest BCUT2D eigenvalue weighted by Gasteiger charge is -2.34. The van der Waals surface area contributed by atoms with E-state index in [1.807, 2.05) is 0 Å². The van der Waals surface area contributed by atoms with Crippen LogP contribution in [-0.4, -0.2) is 46.6 Å². The number of halogens is 3. The van der Waals surface area contributed by atoms with E-state index in [0.29, 0.717) is 37.3 Å². The Morgan fingerprint density at radius 1 is 1.27 bits per heavy atom. The van der Waals surface area contributed by atoms with Gasteiger partial charge in [-0.2, -0.15) is 13.2 Å². The van der Waals surface area contributed by atoms with Gasteiger partial charge in [0.25, 0.3) is 0 Å². The number of carbonyl (C=O) groups is 2. The number of carbonyl (C=O) groups excluding carboxylic acids is 2. The first-order chi connectivity index (χ1) is 10.3. The van der Waals surface area contributed by atoms with Gasteiger partial charge in [-0.25, -0.2) is 0 Å². The summed E-state index contributed by atoms with van der Waals surface area (Å²) in [6.07, 6.45) is -2.37. The highest BCUT2D eigenvalue weighted by Gasteiger charge is 2.47. The van der Waals surface area contributed by atoms with Gasteiger partial charge in [-0.1, -0.05) is 19.8 Å². The van der Waals surface area contributed by atoms with Crippen molar-refractivity contribution in [1.82, 2.24) is 10.2 Å². The maximum atomic E-state index is 13.1. The highest BCUT2D eigenvalue weighted by molar-refractivity contribution is 7.99. The first kappa shape index (κ1) is 17.4. The highest BCUT2D eigenvalue weighted by Crippen LogP contribution is 2.38. The molecule has 1 aliphatic heterocycles. The average Bonchev–Trinajstić information content (AvgIpc) is 2.95. The fraction of sp³-hybridized carbons (Fsp3) is 0.857. The second-order valence-electron chi connectivity index (χ2n) is 5.78. The molecule has 0 aromatic carbocycles. The number of hydrogen-bond donors (Lipinski definition) is 1. The van der Waals surface area contributed by atoms with Gasteiger partial charge in [0.2, 0.25) is 11.8 Å². The van der Waals surface area contributed by atoms with E-state index in [-0.39, 0.29) is 12.3 Å². The molecule has 2 rings (SSSR count). The van der Waals surface area contributed by atoms with Gasteiger partial charge in [0.15, 0.2) is 0 Å². The first-order valence-corrected chi connectivity index (χ1v) is 8.74. The molecule has 3 atom stereocenters. The molecule has 8 heteroatoms. The Kier molecular flexibility index (Phi) is 5.63. The van der Waals surface area contributed by atoms with Crippen molar-refractivity contribution in [2.75, 3.05) is 11.6 Å². The molecule has 4 nitrogen and oxygen atoms in total. The Labute approximate surface area is 132 Å². The quantitative estimate of drug-likeness (QED) is 0.860. The molecule has 22 heavy (non-hydrogen) atoms. The van der Waals surface area contributed by atoms with E-state index in [2.05, 4.69) is 5.32 Å². The molecular formula is C14H21F3N2O2S. The molecule has 2 amide bonds. The SMILES string of the molecule is CCC(=O)N1CSC[C@@H]1C(=O)N[C@@H]1CCCC[C@H]1C(F)(F)F. The molecule has 2 aliphatic rings. The fourth-order valence-corrected chi connectivity index (χ4v) is 4.26. The largest absolute Gasteiger partial charge is 0.393 e. The number of amides is 2. The molecule has 0 unspecified atom stereocenters. The Bertz CT molecular complexity index is 431. The third kappa shape index (κ3) is 3.88. The second-order valence-corrected chi connectivity index (χ2v) is 6.78. The van der Waals surface area contributed by atoms with Crippen LogP contribution in [0.1, 0.15) is 39.0 Å². The molecule has 0 aromatic heterocycles. The average molecular weight is 338 g/mol. The molecule has 0 bridgehead atoms. The lowest BCUT2D eigenvalue weighted by atomic mass is 9.84. The Balaban J connectivity index is 2.02. The molecule has 0 radical (unpaired) electrons. The van der Waals surface area contributed by atoms with Crippen LogP contribution in [0.5, 0.6) is 0 Å². The fourth-order valence-electron chi connectivity index (χ4n) is 3.08. The van der Waals surface area contributed by atoms with Crippen molar-refractivity contribution in [3.8, 4) is 0 Å². The zero-order valence-electron chi connectivity index (χ0n) is 12.5. The van der Waals surface area contributed by atoms with Gasteiger partial charge in [0, 0.05) is 18.2 Å². The van der Waals surface area contributed by atoms with Gasteiger partial charge in [-0.3, -0.25) is 9.59 Å². The molecule has 2 fully saturated rings. The first-order valence-electron chi connectivity index (χ1n) is 7.59. The van der Waals surface area contributed by atoms with Crippen LogP contribution < -0.4 is 5.32 Å². The third-order valence-corrected chi connectivity index (χ3v) is 5.33. The molecule has 1 heterocycles. The van der Waals surface area contributed by atoms with Gasteiger partial charge in [-0.15, -0.1) is 11.8 Å². The van der Waals surface area contributed by atoms with Crippen LogP contribution >= 0.6 is 11.8 Å². The molecule has 0 spiro atoms. The van der Waals surface area contributed by atoms with Crippen LogP contribution in [0.4, 0.5) is 13.2 Å². The summed E-state index contributed by atoms with van der Waals surface area (Å²) < 4.78 is 39.2. The van der Waals surface area contributed by atoms with Crippen molar-refractivity contribution < 1.29 is 22.8 Å². The van der Waals surface area contributed by atoms with Crippen LogP contribution in [0.15, 0.2) is 0 Å². The summed E-state index contributed by atoms with van der Waals surface area (Å²) in [4.78, 5) is 25.6. The molecule has 1 aliphatic carbocycles. The minimum atomic E-state index is -4.29. The lowest BCUT2D eigenvalue weighted by Crippen LogP contribution is -2.54. The number of nitrogens with one attached hydrogen (secondary N) is 1. The number of rotatable bonds is 3. The maximum Gasteiger partial charge on any atom is 0.393 e. The van der Waals surface area contributed by atoms with Crippen molar-refractivity contribution >= 4 is 23.6 Å². The van der Waals surface area contributed by atoms with E-state index in [0.717, 1.165) is 0 Å². The minimum Gasteiger partial charge on any atom is -0.351 e. The zero-order valence-corrected chi connectivity index (χ0v) is 13.3. The molecule has 1 N–H and O–H groups in total. The number of thioether (sulfide) groups is 1. The normalized spacial score (nSPS) is 29.5. The topological polar surface area (TPSA) is 49.4 Å². The number of hydrogen-bond acceptors (Lipinski definition) is 3. The third-order valence-electron chi connectivity index (χ3n) is 4.32. The molecule has 126 valence electrons. The summed E-state index contributed by atoms with van der Waals surface area (Å²) in [6, 6.07) is -1.52. The summed E-state index contributed by atoms with van der Waals surface area (Å²) in [7, 11) is 0. The monoisotopic (exact) mass is 338 g/mol. The standard InChI is InChI=1S/C14H21F3N2O2S/c1-2-12(20)19-8-22-7-11(19)13(21)18-10-6-4-3-5-9(10)14(15,16)17/h9-11H,2-8H2,1H3,(H,18,21)/t9-,10-,11-/m1/s1. The molecule has 0 aromatic rings. The number of alkyl halides is 3. The van der Waals surface area contributed by atoms with E-state index >= 15 is 0 Å². The summed E-state index contributed by atoms with van der Waals surface area (Å²) in [5, 5.41) is 2.56. The zero-order chi connectivity index (χ0) is 16.3. The Morgan fingerprint density at radius 2 is 1.95 bits per heavy atom. The highest BCUT2D eigenvalue weighted by atomic mass is 32.2. The summed E-state index contributed by atoms with van der Waals surface area (Å²) in [5.41, 5.74) is 0. The Morgan fingerprint density at radius 3 is 2.59 bits per heavy atom. The predicted molar refractivity (Wildman–Crippen MR) is 78.2 cm³/mol. The van der Waals surface area contributed by atoms with Crippen LogP contribution in [0.3, 0.4) is 0 Å². The van der Waals surface area contributed by atoms with Crippen LogP contribution in [0.25, 0.3) is 0 Å². The van der Waals surface area contributed by atoms with E-state index in [9.17, 15) is 22.8 Å². The summed E-state index contributed by atoms with van der Waals surface area (Å²) >= 11 is 1.45. The molecule has 1 saturated heterocycles. The van der Waals surface area contributed by atoms with Gasteiger partial charge in [0.05, 0.1) is 11.8 Å². The minimum absolute atomic E-state index is 0.0610. The van der Waals surface area contributed by atoms with Crippen molar-refractivity contribution in [2.24, 2.45) is 5.92 Å². The predicted octanol–water partition coefficient (Wildman–Crippen LogP) is 2.54. The van der Waals surface area contributed by atoms with Crippen LogP contribution in [-0.2, 0) is 9.59 Å². The maximum absolute atomic E-state index is 13.1. The lowest BCUT2D eigenvalue weighted by molar-refractivity contribution is -0.189. The smallest absolute Gasteiger partial charge is 0.351 e. The molecule has 1 saturated carbocycles. The van der Waals surface area contributed by atoms with Crippen LogP contribution in [0, 0.1) is 5.92 Å². The van der Waals surface area contributed by atoms with Crippen molar-refractivity contribution in [3.63, 3.8) is 0 Å². The van der Waals surface area contributed by atoms with E-state index in [1.54, 1.807) is 6.92 Å². The van der Waals surface area contributed by atoms with Gasteiger partial charge >= 0.3 is 6.18 Å². The van der Waals surface area contributed by atoms with Gasteiger partial charge < -0.3 is 10.2 Å². The van der Waals surface area contributed by atoms with E-state index in [4.69, 9.17) is 0 Å². The molecular weight excluding hydrogens is 317 g/mol. The van der Waals surface area contributed by atoms with Crippen molar-refractivity contribution in [1.29, 1.82) is 0 Å².